The van der Waals surface area contributed by atoms with Crippen LogP contribution in [0.3, 0.4) is 0 Å². The molecule has 0 atom stereocenters. The van der Waals surface area contributed by atoms with E-state index in [1.54, 1.807) is 0 Å². The summed E-state index contributed by atoms with van der Waals surface area (Å²) in [5.74, 6) is 1.88. The molecule has 1 aliphatic rings. The number of guanidine groups is 1. The number of rotatable bonds is 8. The second-order valence-electron chi connectivity index (χ2n) is 7.20. The summed E-state index contributed by atoms with van der Waals surface area (Å²) in [7, 11) is 6.04. The molecule has 0 saturated heterocycles. The first kappa shape index (κ1) is 22.2. The van der Waals surface area contributed by atoms with Crippen LogP contribution in [-0.4, -0.2) is 38.5 Å². The smallest absolute Gasteiger partial charge is 0.191 e. The van der Waals surface area contributed by atoms with Crippen molar-refractivity contribution in [2.75, 3.05) is 27.7 Å². The number of nitrogens with zero attached hydrogens (tertiary/aromatic N) is 2. The minimum atomic E-state index is 0. The Morgan fingerprint density at radius 1 is 1.16 bits per heavy atom. The van der Waals surface area contributed by atoms with Gasteiger partial charge in [-0.15, -0.1) is 24.0 Å². The van der Waals surface area contributed by atoms with Crippen molar-refractivity contribution in [1.29, 1.82) is 0 Å². The minimum absolute atomic E-state index is 0. The van der Waals surface area contributed by atoms with Gasteiger partial charge in [-0.1, -0.05) is 49.9 Å². The van der Waals surface area contributed by atoms with Gasteiger partial charge in [-0.05, 0) is 44.0 Å². The van der Waals surface area contributed by atoms with Crippen LogP contribution in [0.5, 0.6) is 0 Å². The molecule has 0 amide bonds. The molecule has 0 spiro atoms. The molecule has 0 bridgehead atoms. The number of nitrogens with one attached hydrogen (secondary N) is 2. The first-order chi connectivity index (χ1) is 11.7. The molecule has 1 aliphatic carbocycles. The van der Waals surface area contributed by atoms with Gasteiger partial charge in [-0.25, -0.2) is 0 Å². The molecular weight excluding hydrogens is 423 g/mol. The van der Waals surface area contributed by atoms with E-state index in [0.717, 1.165) is 31.5 Å². The fraction of sp³-hybridized carbons (Fsp3) is 0.650. The predicted molar refractivity (Wildman–Crippen MR) is 119 cm³/mol. The highest BCUT2D eigenvalue weighted by atomic mass is 127. The van der Waals surface area contributed by atoms with Crippen LogP contribution in [0.4, 0.5) is 0 Å². The lowest BCUT2D eigenvalue weighted by molar-refractivity contribution is 0.402. The monoisotopic (exact) mass is 458 g/mol. The Hall–Kier alpha value is -0.820. The van der Waals surface area contributed by atoms with Crippen molar-refractivity contribution in [2.45, 2.75) is 51.6 Å². The third-order valence-electron chi connectivity index (χ3n) is 4.73. The van der Waals surface area contributed by atoms with Crippen LogP contribution in [0.15, 0.2) is 29.3 Å². The fourth-order valence-electron chi connectivity index (χ4n) is 3.51. The van der Waals surface area contributed by atoms with Gasteiger partial charge in [0, 0.05) is 26.7 Å². The molecule has 25 heavy (non-hydrogen) atoms. The second kappa shape index (κ2) is 12.5. The van der Waals surface area contributed by atoms with E-state index in [-0.39, 0.29) is 24.0 Å². The summed E-state index contributed by atoms with van der Waals surface area (Å²) >= 11 is 0. The maximum absolute atomic E-state index is 4.33. The van der Waals surface area contributed by atoms with E-state index in [0.29, 0.717) is 0 Å². The highest BCUT2D eigenvalue weighted by Crippen LogP contribution is 2.28. The summed E-state index contributed by atoms with van der Waals surface area (Å²) in [5, 5.41) is 6.86. The van der Waals surface area contributed by atoms with Crippen molar-refractivity contribution in [2.24, 2.45) is 10.9 Å². The Labute approximate surface area is 170 Å². The van der Waals surface area contributed by atoms with E-state index >= 15 is 0 Å². The standard InChI is InChI=1S/C20H34N4.HI/c1-21-20(22-13-7-12-17-8-4-5-9-17)23-15-18-10-6-11-19(14-18)16-24(2)3;/h6,10-11,14,17H,4-5,7-9,12-13,15-16H2,1-3H3,(H2,21,22,23);1H. The molecule has 1 saturated carbocycles. The Morgan fingerprint density at radius 3 is 2.56 bits per heavy atom. The molecule has 0 unspecified atom stereocenters. The van der Waals surface area contributed by atoms with Gasteiger partial charge in [0.15, 0.2) is 5.96 Å². The van der Waals surface area contributed by atoms with Crippen LogP contribution in [0.2, 0.25) is 0 Å². The average molecular weight is 458 g/mol. The Bertz CT molecular complexity index is 510. The second-order valence-corrected chi connectivity index (χ2v) is 7.20. The zero-order chi connectivity index (χ0) is 17.2. The molecule has 0 heterocycles. The van der Waals surface area contributed by atoms with Gasteiger partial charge in [-0.3, -0.25) is 4.99 Å². The molecule has 4 nitrogen and oxygen atoms in total. The SMILES string of the molecule is CN=C(NCCCC1CCCC1)NCc1cccc(CN(C)C)c1.I. The molecule has 0 radical (unpaired) electrons. The third kappa shape index (κ3) is 8.90. The zero-order valence-corrected chi connectivity index (χ0v) is 18.4. The molecule has 1 aromatic rings. The first-order valence-electron chi connectivity index (χ1n) is 9.34. The maximum Gasteiger partial charge on any atom is 0.191 e. The van der Waals surface area contributed by atoms with Crippen LogP contribution in [0.1, 0.15) is 49.7 Å². The number of aliphatic imine (C=N–C) groups is 1. The lowest BCUT2D eigenvalue weighted by Crippen LogP contribution is -2.37. The summed E-state index contributed by atoms with van der Waals surface area (Å²) in [4.78, 5) is 6.52. The van der Waals surface area contributed by atoms with Gasteiger partial charge in [0.2, 0.25) is 0 Å². The summed E-state index contributed by atoms with van der Waals surface area (Å²) < 4.78 is 0. The maximum atomic E-state index is 4.33. The number of hydrogen-bond acceptors (Lipinski definition) is 2. The van der Waals surface area contributed by atoms with Gasteiger partial charge in [-0.2, -0.15) is 0 Å². The lowest BCUT2D eigenvalue weighted by atomic mass is 10.0. The highest BCUT2D eigenvalue weighted by molar-refractivity contribution is 14.0. The van der Waals surface area contributed by atoms with Gasteiger partial charge in [0.1, 0.15) is 0 Å². The van der Waals surface area contributed by atoms with Crippen LogP contribution in [-0.2, 0) is 13.1 Å². The molecule has 142 valence electrons. The van der Waals surface area contributed by atoms with Crippen molar-refractivity contribution in [1.82, 2.24) is 15.5 Å². The Kier molecular flexibility index (Phi) is 11.1. The molecule has 5 heteroatoms. The molecule has 0 aliphatic heterocycles. The zero-order valence-electron chi connectivity index (χ0n) is 16.1. The normalized spacial score (nSPS) is 15.3. The number of halogens is 1. The summed E-state index contributed by atoms with van der Waals surface area (Å²) in [6.07, 6.45) is 8.36. The number of benzene rings is 1. The molecular formula is C20H35IN4. The Balaban J connectivity index is 0.00000312. The first-order valence-corrected chi connectivity index (χ1v) is 9.34. The highest BCUT2D eigenvalue weighted by Gasteiger charge is 2.13. The Morgan fingerprint density at radius 2 is 1.88 bits per heavy atom. The average Bonchev–Trinajstić information content (AvgIpc) is 3.07. The van der Waals surface area contributed by atoms with Crippen molar-refractivity contribution in [3.05, 3.63) is 35.4 Å². The van der Waals surface area contributed by atoms with E-state index in [2.05, 4.69) is 58.9 Å². The topological polar surface area (TPSA) is 39.7 Å². The van der Waals surface area contributed by atoms with Crippen LogP contribution < -0.4 is 10.6 Å². The van der Waals surface area contributed by atoms with E-state index in [9.17, 15) is 0 Å². The molecule has 0 aromatic heterocycles. The lowest BCUT2D eigenvalue weighted by Gasteiger charge is -2.14. The van der Waals surface area contributed by atoms with E-state index in [1.807, 2.05) is 7.05 Å². The molecule has 2 N–H and O–H groups in total. The summed E-state index contributed by atoms with van der Waals surface area (Å²) in [6.45, 7) is 2.79. The van der Waals surface area contributed by atoms with Crippen LogP contribution in [0, 0.1) is 5.92 Å². The molecule has 1 fully saturated rings. The van der Waals surface area contributed by atoms with Crippen molar-refractivity contribution >= 4 is 29.9 Å². The summed E-state index contributed by atoms with van der Waals surface area (Å²) in [5.41, 5.74) is 2.64. The van der Waals surface area contributed by atoms with Gasteiger partial charge >= 0.3 is 0 Å². The largest absolute Gasteiger partial charge is 0.356 e. The van der Waals surface area contributed by atoms with Crippen molar-refractivity contribution in [3.63, 3.8) is 0 Å². The van der Waals surface area contributed by atoms with Gasteiger partial charge in [0.25, 0.3) is 0 Å². The van der Waals surface area contributed by atoms with E-state index in [1.165, 1.54) is 49.7 Å². The van der Waals surface area contributed by atoms with E-state index < -0.39 is 0 Å². The minimum Gasteiger partial charge on any atom is -0.356 e. The molecule has 2 rings (SSSR count). The number of hydrogen-bond donors (Lipinski definition) is 2. The fourth-order valence-corrected chi connectivity index (χ4v) is 3.51. The van der Waals surface area contributed by atoms with Crippen molar-refractivity contribution < 1.29 is 0 Å². The van der Waals surface area contributed by atoms with Gasteiger partial charge < -0.3 is 15.5 Å². The van der Waals surface area contributed by atoms with Crippen LogP contribution in [0.25, 0.3) is 0 Å². The molecule has 1 aromatic carbocycles. The van der Waals surface area contributed by atoms with E-state index in [4.69, 9.17) is 0 Å². The third-order valence-corrected chi connectivity index (χ3v) is 4.73. The quantitative estimate of drug-likeness (QED) is 0.268. The predicted octanol–water partition coefficient (Wildman–Crippen LogP) is 4.00. The van der Waals surface area contributed by atoms with Gasteiger partial charge in [0.05, 0.1) is 0 Å². The summed E-state index contributed by atoms with van der Waals surface area (Å²) in [6, 6.07) is 8.74. The van der Waals surface area contributed by atoms with Crippen molar-refractivity contribution in [3.8, 4) is 0 Å². The van der Waals surface area contributed by atoms with Crippen LogP contribution >= 0.6 is 24.0 Å².